The standard InChI is InChI=1S/C21H31N3O2/c1-20(2,3)13-14-10-12-24(21(14,4)5)19(26)23-17-8-6-7-16-15(17)9-11-22-18(16)25/h6-8,14H,9-13H2,1-5H3,(H,22,25)(H,23,26). The van der Waals surface area contributed by atoms with Crippen LogP contribution in [-0.4, -0.2) is 35.5 Å². The van der Waals surface area contributed by atoms with Crippen LogP contribution in [0, 0.1) is 11.3 Å². The lowest BCUT2D eigenvalue weighted by molar-refractivity contribution is 0.0946. The number of hydrogen-bond donors (Lipinski definition) is 2. The highest BCUT2D eigenvalue weighted by Gasteiger charge is 2.45. The molecule has 1 aromatic carbocycles. The first kappa shape index (κ1) is 18.7. The van der Waals surface area contributed by atoms with Crippen LogP contribution in [0.15, 0.2) is 18.2 Å². The molecule has 3 rings (SSSR count). The number of nitrogens with one attached hydrogen (secondary N) is 2. The van der Waals surface area contributed by atoms with E-state index in [1.54, 1.807) is 0 Å². The van der Waals surface area contributed by atoms with E-state index < -0.39 is 0 Å². The number of benzene rings is 1. The number of amides is 3. The van der Waals surface area contributed by atoms with Crippen molar-refractivity contribution in [2.75, 3.05) is 18.4 Å². The van der Waals surface area contributed by atoms with Crippen LogP contribution in [0.2, 0.25) is 0 Å². The second-order valence-electron chi connectivity index (χ2n) is 9.32. The van der Waals surface area contributed by atoms with Gasteiger partial charge in [-0.1, -0.05) is 26.8 Å². The van der Waals surface area contributed by atoms with Gasteiger partial charge in [-0.25, -0.2) is 4.79 Å². The van der Waals surface area contributed by atoms with Gasteiger partial charge in [-0.05, 0) is 62.1 Å². The van der Waals surface area contributed by atoms with Crippen molar-refractivity contribution in [3.8, 4) is 0 Å². The second kappa shape index (κ2) is 6.60. The van der Waals surface area contributed by atoms with Gasteiger partial charge in [0.25, 0.3) is 5.91 Å². The van der Waals surface area contributed by atoms with Gasteiger partial charge in [-0.3, -0.25) is 4.79 Å². The first-order chi connectivity index (χ1) is 12.1. The van der Waals surface area contributed by atoms with Crippen LogP contribution < -0.4 is 10.6 Å². The fourth-order valence-electron chi connectivity index (χ4n) is 4.37. The van der Waals surface area contributed by atoms with E-state index in [9.17, 15) is 9.59 Å². The Balaban J connectivity index is 1.77. The van der Waals surface area contributed by atoms with E-state index in [-0.39, 0.29) is 22.9 Å². The molecule has 1 unspecified atom stereocenters. The van der Waals surface area contributed by atoms with Crippen molar-refractivity contribution >= 4 is 17.6 Å². The Morgan fingerprint density at radius 1 is 1.35 bits per heavy atom. The first-order valence-electron chi connectivity index (χ1n) is 9.58. The maximum atomic E-state index is 13.0. The van der Waals surface area contributed by atoms with Crippen molar-refractivity contribution in [2.45, 2.75) is 59.4 Å². The van der Waals surface area contributed by atoms with Crippen molar-refractivity contribution in [1.29, 1.82) is 0 Å². The van der Waals surface area contributed by atoms with E-state index in [2.05, 4.69) is 45.3 Å². The van der Waals surface area contributed by atoms with E-state index in [1.165, 1.54) is 0 Å². The van der Waals surface area contributed by atoms with E-state index in [0.29, 0.717) is 18.0 Å². The summed E-state index contributed by atoms with van der Waals surface area (Å²) >= 11 is 0. The molecule has 0 spiro atoms. The number of carbonyl (C=O) groups is 2. The lowest BCUT2D eigenvalue weighted by Crippen LogP contribution is -2.48. The molecule has 1 aromatic rings. The fourth-order valence-corrected chi connectivity index (χ4v) is 4.37. The molecule has 2 heterocycles. The minimum Gasteiger partial charge on any atom is -0.352 e. The van der Waals surface area contributed by atoms with E-state index >= 15 is 0 Å². The molecule has 0 saturated carbocycles. The van der Waals surface area contributed by atoms with Crippen molar-refractivity contribution in [2.24, 2.45) is 11.3 Å². The highest BCUT2D eigenvalue weighted by atomic mass is 16.2. The zero-order valence-corrected chi connectivity index (χ0v) is 16.6. The van der Waals surface area contributed by atoms with E-state index in [1.807, 2.05) is 23.1 Å². The summed E-state index contributed by atoms with van der Waals surface area (Å²) in [6.45, 7) is 12.5. The number of urea groups is 1. The number of nitrogens with zero attached hydrogens (tertiary/aromatic N) is 1. The number of likely N-dealkylation sites (tertiary alicyclic amines) is 1. The molecule has 26 heavy (non-hydrogen) atoms. The lowest BCUT2D eigenvalue weighted by atomic mass is 9.76. The fraction of sp³-hybridized carbons (Fsp3) is 0.619. The van der Waals surface area contributed by atoms with Crippen LogP contribution >= 0.6 is 0 Å². The minimum atomic E-state index is -0.177. The van der Waals surface area contributed by atoms with Gasteiger partial charge in [0.15, 0.2) is 0 Å². The van der Waals surface area contributed by atoms with E-state index in [0.717, 1.165) is 37.1 Å². The highest BCUT2D eigenvalue weighted by molar-refractivity contribution is 6.00. The second-order valence-corrected chi connectivity index (χ2v) is 9.32. The number of rotatable bonds is 2. The summed E-state index contributed by atoms with van der Waals surface area (Å²) in [5.74, 6) is 0.429. The zero-order valence-electron chi connectivity index (χ0n) is 16.6. The minimum absolute atomic E-state index is 0.0610. The van der Waals surface area contributed by atoms with Crippen molar-refractivity contribution in [3.05, 3.63) is 29.3 Å². The van der Waals surface area contributed by atoms with Crippen LogP contribution in [0.5, 0.6) is 0 Å². The number of hydrogen-bond acceptors (Lipinski definition) is 2. The Kier molecular flexibility index (Phi) is 4.76. The Morgan fingerprint density at radius 3 is 2.77 bits per heavy atom. The van der Waals surface area contributed by atoms with Gasteiger partial charge < -0.3 is 15.5 Å². The molecule has 0 aromatic heterocycles. The molecule has 142 valence electrons. The molecule has 1 fully saturated rings. The predicted molar refractivity (Wildman–Crippen MR) is 104 cm³/mol. The average molecular weight is 357 g/mol. The molecule has 2 N–H and O–H groups in total. The van der Waals surface area contributed by atoms with Crippen molar-refractivity contribution < 1.29 is 9.59 Å². The summed E-state index contributed by atoms with van der Waals surface area (Å²) in [6, 6.07) is 5.48. The third-order valence-electron chi connectivity index (χ3n) is 5.82. The molecule has 5 heteroatoms. The quantitative estimate of drug-likeness (QED) is 0.839. The molecular weight excluding hydrogens is 326 g/mol. The maximum absolute atomic E-state index is 13.0. The molecule has 5 nitrogen and oxygen atoms in total. The molecule has 0 radical (unpaired) electrons. The van der Waals surface area contributed by atoms with Gasteiger partial charge in [0.1, 0.15) is 0 Å². The predicted octanol–water partition coefficient (Wildman–Crippen LogP) is 4.04. The smallest absolute Gasteiger partial charge is 0.322 e. The molecule has 2 aliphatic rings. The molecule has 0 aliphatic carbocycles. The van der Waals surface area contributed by atoms with Crippen molar-refractivity contribution in [1.82, 2.24) is 10.2 Å². The van der Waals surface area contributed by atoms with E-state index in [4.69, 9.17) is 0 Å². The molecule has 3 amide bonds. The summed E-state index contributed by atoms with van der Waals surface area (Å²) in [6.07, 6.45) is 2.88. The molecule has 1 saturated heterocycles. The summed E-state index contributed by atoms with van der Waals surface area (Å²) in [4.78, 5) is 27.0. The molecular formula is C21H31N3O2. The first-order valence-corrected chi connectivity index (χ1v) is 9.58. The number of fused-ring (bicyclic) bond motifs is 1. The summed E-state index contributed by atoms with van der Waals surface area (Å²) in [5.41, 5.74) is 2.44. The SMILES string of the molecule is CC(C)(C)CC1CCN(C(=O)Nc2cccc3c2CCNC3=O)C1(C)C. The van der Waals surface area contributed by atoms with Gasteiger partial charge in [0.05, 0.1) is 0 Å². The third kappa shape index (κ3) is 3.57. The zero-order chi connectivity index (χ0) is 19.1. The van der Waals surface area contributed by atoms with Crippen molar-refractivity contribution in [3.63, 3.8) is 0 Å². The van der Waals surface area contributed by atoms with Crippen LogP contribution in [0.25, 0.3) is 0 Å². The molecule has 0 bridgehead atoms. The average Bonchev–Trinajstić information content (AvgIpc) is 2.81. The van der Waals surface area contributed by atoms with Gasteiger partial charge in [0, 0.05) is 29.9 Å². The molecule has 2 aliphatic heterocycles. The number of anilines is 1. The summed E-state index contributed by atoms with van der Waals surface area (Å²) in [7, 11) is 0. The van der Waals surface area contributed by atoms with Gasteiger partial charge in [0.2, 0.25) is 0 Å². The normalized spacial score (nSPS) is 22.0. The maximum Gasteiger partial charge on any atom is 0.322 e. The topological polar surface area (TPSA) is 61.4 Å². The summed E-state index contributed by atoms with van der Waals surface area (Å²) in [5, 5.41) is 5.93. The van der Waals surface area contributed by atoms with Crippen LogP contribution in [0.1, 0.15) is 63.4 Å². The Morgan fingerprint density at radius 2 is 2.08 bits per heavy atom. The monoisotopic (exact) mass is 357 g/mol. The molecule has 1 atom stereocenters. The highest BCUT2D eigenvalue weighted by Crippen LogP contribution is 2.41. The Bertz CT molecular complexity index is 718. The van der Waals surface area contributed by atoms with Crippen LogP contribution in [-0.2, 0) is 6.42 Å². The lowest BCUT2D eigenvalue weighted by Gasteiger charge is -2.38. The summed E-state index contributed by atoms with van der Waals surface area (Å²) < 4.78 is 0. The Hall–Kier alpha value is -2.04. The third-order valence-corrected chi connectivity index (χ3v) is 5.82. The van der Waals surface area contributed by atoms with Crippen LogP contribution in [0.4, 0.5) is 10.5 Å². The van der Waals surface area contributed by atoms with Gasteiger partial charge in [-0.15, -0.1) is 0 Å². The van der Waals surface area contributed by atoms with Crippen LogP contribution in [0.3, 0.4) is 0 Å². The Labute approximate surface area is 156 Å². The number of carbonyl (C=O) groups excluding carboxylic acids is 2. The van der Waals surface area contributed by atoms with Gasteiger partial charge >= 0.3 is 6.03 Å². The van der Waals surface area contributed by atoms with Gasteiger partial charge in [-0.2, -0.15) is 0 Å². The largest absolute Gasteiger partial charge is 0.352 e.